The Hall–Kier alpha value is -2.76. The smallest absolute Gasteiger partial charge is 0.169 e. The predicted octanol–water partition coefficient (Wildman–Crippen LogP) is 5.98. The maximum Gasteiger partial charge on any atom is 0.169 e. The van der Waals surface area contributed by atoms with Gasteiger partial charge in [0.15, 0.2) is 11.6 Å². The molecule has 0 amide bonds. The number of hydrogen-bond donors (Lipinski definition) is 0. The van der Waals surface area contributed by atoms with Gasteiger partial charge < -0.3 is 0 Å². The van der Waals surface area contributed by atoms with E-state index in [2.05, 4.69) is 0 Å². The van der Waals surface area contributed by atoms with Crippen LogP contribution in [-0.2, 0) is 0 Å². The van der Waals surface area contributed by atoms with Crippen molar-refractivity contribution < 1.29 is 26.3 Å². The van der Waals surface area contributed by atoms with Gasteiger partial charge >= 0.3 is 0 Å². The van der Waals surface area contributed by atoms with Crippen molar-refractivity contribution in [3.8, 4) is 0 Å². The molecule has 4 rings (SSSR count). The van der Waals surface area contributed by atoms with Crippen LogP contribution in [0.1, 0.15) is 0 Å². The number of fused-ring (bicyclic) bond motifs is 3. The van der Waals surface area contributed by atoms with Crippen LogP contribution in [0.5, 0.6) is 0 Å². The Labute approximate surface area is 130 Å². The summed E-state index contributed by atoms with van der Waals surface area (Å²) in [6, 6.07) is 5.41. The Morgan fingerprint density at radius 2 is 1.04 bits per heavy atom. The quantitative estimate of drug-likeness (QED) is 0.210. The van der Waals surface area contributed by atoms with E-state index >= 15 is 0 Å². The maximum atomic E-state index is 14.7. The monoisotopic (exact) mass is 336 g/mol. The minimum atomic E-state index is -1.52. The van der Waals surface area contributed by atoms with Crippen LogP contribution in [0.4, 0.5) is 26.3 Å². The van der Waals surface area contributed by atoms with Crippen molar-refractivity contribution in [1.29, 1.82) is 0 Å². The molecule has 0 aliphatic heterocycles. The third-order valence-corrected chi connectivity index (χ3v) is 4.00. The van der Waals surface area contributed by atoms with Crippen LogP contribution >= 0.6 is 0 Å². The molecule has 0 saturated carbocycles. The van der Waals surface area contributed by atoms with Crippen LogP contribution < -0.4 is 0 Å². The highest BCUT2D eigenvalue weighted by molar-refractivity contribution is 6.05. The fourth-order valence-corrected chi connectivity index (χ4v) is 2.91. The lowest BCUT2D eigenvalue weighted by molar-refractivity contribution is 0.501. The van der Waals surface area contributed by atoms with Gasteiger partial charge in [-0.2, -0.15) is 0 Å². The van der Waals surface area contributed by atoms with Crippen molar-refractivity contribution in [2.75, 3.05) is 0 Å². The van der Waals surface area contributed by atoms with Crippen LogP contribution in [0.15, 0.2) is 36.4 Å². The molecule has 0 fully saturated rings. The first-order valence-corrected chi connectivity index (χ1v) is 6.85. The van der Waals surface area contributed by atoms with Gasteiger partial charge in [0.1, 0.15) is 23.3 Å². The highest BCUT2D eigenvalue weighted by atomic mass is 19.2. The average Bonchev–Trinajstić information content (AvgIpc) is 2.51. The number of hydrogen-bond acceptors (Lipinski definition) is 0. The molecule has 0 nitrogen and oxygen atoms in total. The van der Waals surface area contributed by atoms with E-state index in [-0.39, 0.29) is 21.5 Å². The molecule has 0 aliphatic rings. The molecule has 4 aromatic carbocycles. The topological polar surface area (TPSA) is 0 Å². The predicted molar refractivity (Wildman–Crippen MR) is 78.7 cm³/mol. The van der Waals surface area contributed by atoms with Crippen LogP contribution in [0, 0.1) is 34.9 Å². The first kappa shape index (κ1) is 14.8. The molecule has 120 valence electrons. The van der Waals surface area contributed by atoms with E-state index in [1.165, 1.54) is 6.07 Å². The second-order valence-corrected chi connectivity index (χ2v) is 5.45. The van der Waals surface area contributed by atoms with Crippen LogP contribution in [0.25, 0.3) is 32.3 Å². The molecular formula is C18H6F6. The van der Waals surface area contributed by atoms with Crippen molar-refractivity contribution in [2.24, 2.45) is 0 Å². The summed E-state index contributed by atoms with van der Waals surface area (Å²) in [5, 5.41) is -1.34. The second-order valence-electron chi connectivity index (χ2n) is 5.45. The maximum absolute atomic E-state index is 14.7. The average molecular weight is 336 g/mol. The van der Waals surface area contributed by atoms with Gasteiger partial charge in [0.2, 0.25) is 0 Å². The van der Waals surface area contributed by atoms with Gasteiger partial charge in [-0.3, -0.25) is 0 Å². The zero-order chi connectivity index (χ0) is 17.2. The molecule has 0 radical (unpaired) electrons. The van der Waals surface area contributed by atoms with E-state index in [1.807, 2.05) is 0 Å². The molecular weight excluding hydrogens is 330 g/mol. The number of rotatable bonds is 0. The van der Waals surface area contributed by atoms with Crippen LogP contribution in [0.2, 0.25) is 0 Å². The molecule has 0 atom stereocenters. The van der Waals surface area contributed by atoms with E-state index in [1.54, 1.807) is 0 Å². The zero-order valence-electron chi connectivity index (χ0n) is 11.7. The van der Waals surface area contributed by atoms with E-state index in [9.17, 15) is 26.3 Å². The third-order valence-electron chi connectivity index (χ3n) is 4.00. The Balaban J connectivity index is 2.26. The summed E-state index contributed by atoms with van der Waals surface area (Å²) in [6.07, 6.45) is 0. The molecule has 6 heteroatoms. The van der Waals surface area contributed by atoms with Crippen LogP contribution in [-0.4, -0.2) is 0 Å². The van der Waals surface area contributed by atoms with Gasteiger partial charge in [-0.25, -0.2) is 26.3 Å². The molecule has 0 aliphatic carbocycles. The molecule has 4 aromatic rings. The minimum absolute atomic E-state index is 0.00522. The third kappa shape index (κ3) is 1.95. The Morgan fingerprint density at radius 1 is 0.458 bits per heavy atom. The van der Waals surface area contributed by atoms with E-state index < -0.39 is 45.7 Å². The van der Waals surface area contributed by atoms with Crippen molar-refractivity contribution in [3.63, 3.8) is 0 Å². The first-order chi connectivity index (χ1) is 11.4. The number of benzene rings is 4. The zero-order valence-corrected chi connectivity index (χ0v) is 11.7. The fourth-order valence-electron chi connectivity index (χ4n) is 2.91. The summed E-state index contributed by atoms with van der Waals surface area (Å²) >= 11 is 0. The van der Waals surface area contributed by atoms with Gasteiger partial charge in [0.05, 0.1) is 5.39 Å². The second kappa shape index (κ2) is 4.87. The molecule has 0 aromatic heterocycles. The Kier molecular flexibility index (Phi) is 3.00. The van der Waals surface area contributed by atoms with Gasteiger partial charge in [-0.1, -0.05) is 0 Å². The SMILES string of the molecule is Fc1cc(F)c2cc3cc4c(F)cc(F)c(F)c4c(F)c3cc2c1. The van der Waals surface area contributed by atoms with Gasteiger partial charge in [0, 0.05) is 28.3 Å². The molecule has 0 bridgehead atoms. The summed E-state index contributed by atoms with van der Waals surface area (Å²) < 4.78 is 83.0. The highest BCUT2D eigenvalue weighted by Crippen LogP contribution is 2.34. The lowest BCUT2D eigenvalue weighted by Gasteiger charge is -2.10. The fraction of sp³-hybridized carbons (Fsp3) is 0. The molecule has 0 unspecified atom stereocenters. The summed E-state index contributed by atoms with van der Waals surface area (Å²) in [7, 11) is 0. The lowest BCUT2D eigenvalue weighted by atomic mass is 9.98. The molecule has 0 heterocycles. The molecule has 0 N–H and O–H groups in total. The van der Waals surface area contributed by atoms with Gasteiger partial charge in [-0.05, 0) is 35.0 Å². The highest BCUT2D eigenvalue weighted by Gasteiger charge is 2.19. The normalized spacial score (nSPS) is 11.8. The summed E-state index contributed by atoms with van der Waals surface area (Å²) in [4.78, 5) is 0. The summed E-state index contributed by atoms with van der Waals surface area (Å²) in [5.74, 6) is -7.08. The molecule has 0 saturated heterocycles. The van der Waals surface area contributed by atoms with Crippen molar-refractivity contribution >= 4 is 32.3 Å². The largest absolute Gasteiger partial charge is 0.207 e. The Bertz CT molecular complexity index is 1160. The van der Waals surface area contributed by atoms with Crippen molar-refractivity contribution in [3.05, 3.63) is 71.3 Å². The van der Waals surface area contributed by atoms with Gasteiger partial charge in [0.25, 0.3) is 0 Å². The van der Waals surface area contributed by atoms with E-state index in [0.29, 0.717) is 12.1 Å². The summed E-state index contributed by atoms with van der Waals surface area (Å²) in [6.45, 7) is 0. The minimum Gasteiger partial charge on any atom is -0.207 e. The molecule has 0 spiro atoms. The summed E-state index contributed by atoms with van der Waals surface area (Å²) in [5.41, 5.74) is 0. The first-order valence-electron chi connectivity index (χ1n) is 6.85. The molecule has 24 heavy (non-hydrogen) atoms. The Morgan fingerprint density at radius 3 is 1.79 bits per heavy atom. The standard InChI is InChI=1S/C18H6F6/c19-9-1-7-3-11-8(2-10(7)13(20)5-9)4-12-14(21)6-15(22)18(24)16(12)17(11)23/h1-6H. The van der Waals surface area contributed by atoms with Crippen LogP contribution in [0.3, 0.4) is 0 Å². The number of halogens is 6. The lowest BCUT2D eigenvalue weighted by Crippen LogP contribution is -1.95. The van der Waals surface area contributed by atoms with Crippen molar-refractivity contribution in [2.45, 2.75) is 0 Å². The van der Waals surface area contributed by atoms with Gasteiger partial charge in [-0.15, -0.1) is 0 Å². The van der Waals surface area contributed by atoms with E-state index in [4.69, 9.17) is 0 Å². The van der Waals surface area contributed by atoms with E-state index in [0.717, 1.165) is 18.2 Å². The van der Waals surface area contributed by atoms with Crippen molar-refractivity contribution in [1.82, 2.24) is 0 Å².